The highest BCUT2D eigenvalue weighted by atomic mass is 16.4. The van der Waals surface area contributed by atoms with Crippen LogP contribution in [-0.4, -0.2) is 15.6 Å². The van der Waals surface area contributed by atoms with Gasteiger partial charge >= 0.3 is 5.97 Å². The molecular formula is C16H21NO2. The van der Waals surface area contributed by atoms with Crippen LogP contribution in [0.15, 0.2) is 24.3 Å². The van der Waals surface area contributed by atoms with E-state index in [2.05, 4.69) is 42.7 Å². The Hall–Kier alpha value is -1.77. The summed E-state index contributed by atoms with van der Waals surface area (Å²) in [4.78, 5) is 10.5. The van der Waals surface area contributed by atoms with Gasteiger partial charge in [0, 0.05) is 29.6 Å². The van der Waals surface area contributed by atoms with Gasteiger partial charge in [-0.15, -0.1) is 0 Å². The third-order valence-corrected chi connectivity index (χ3v) is 3.60. The van der Waals surface area contributed by atoms with E-state index >= 15 is 0 Å². The Morgan fingerprint density at radius 3 is 2.74 bits per heavy atom. The van der Waals surface area contributed by atoms with Crippen molar-refractivity contribution in [1.82, 2.24) is 4.57 Å². The summed E-state index contributed by atoms with van der Waals surface area (Å²) in [6.45, 7) is 5.17. The first-order valence-electron chi connectivity index (χ1n) is 6.92. The van der Waals surface area contributed by atoms with Gasteiger partial charge in [-0.25, -0.2) is 0 Å². The molecule has 1 aromatic carbocycles. The van der Waals surface area contributed by atoms with Crippen molar-refractivity contribution in [3.8, 4) is 0 Å². The molecule has 0 atom stereocenters. The lowest BCUT2D eigenvalue weighted by Gasteiger charge is -2.08. The number of rotatable bonds is 6. The molecule has 102 valence electrons. The first kappa shape index (κ1) is 13.7. The zero-order valence-corrected chi connectivity index (χ0v) is 11.6. The molecular weight excluding hydrogens is 238 g/mol. The molecule has 0 saturated heterocycles. The van der Waals surface area contributed by atoms with Crippen molar-refractivity contribution in [2.75, 3.05) is 0 Å². The summed E-state index contributed by atoms with van der Waals surface area (Å²) in [5, 5.41) is 9.94. The Kier molecular flexibility index (Phi) is 4.25. The van der Waals surface area contributed by atoms with E-state index in [1.54, 1.807) is 0 Å². The van der Waals surface area contributed by atoms with Gasteiger partial charge in [0.15, 0.2) is 0 Å². The number of aryl methyl sites for hydroxylation is 3. The van der Waals surface area contributed by atoms with Gasteiger partial charge in [0.25, 0.3) is 0 Å². The average molecular weight is 259 g/mol. The number of aromatic nitrogens is 1. The number of carboxylic acids is 1. The first-order valence-corrected chi connectivity index (χ1v) is 6.92. The van der Waals surface area contributed by atoms with Crippen LogP contribution in [0.1, 0.15) is 37.4 Å². The quantitative estimate of drug-likeness (QED) is 0.802. The van der Waals surface area contributed by atoms with Crippen LogP contribution in [-0.2, 0) is 17.8 Å². The number of hydrogen-bond acceptors (Lipinski definition) is 1. The van der Waals surface area contributed by atoms with Crippen LogP contribution in [0.25, 0.3) is 10.9 Å². The second-order valence-corrected chi connectivity index (χ2v) is 5.03. The first-order chi connectivity index (χ1) is 9.11. The maximum Gasteiger partial charge on any atom is 0.303 e. The lowest BCUT2D eigenvalue weighted by atomic mass is 10.1. The zero-order valence-electron chi connectivity index (χ0n) is 11.6. The molecule has 0 aliphatic rings. The molecule has 0 saturated carbocycles. The van der Waals surface area contributed by atoms with Gasteiger partial charge in [-0.1, -0.05) is 13.0 Å². The highest BCUT2D eigenvalue weighted by molar-refractivity contribution is 5.82. The number of fused-ring (bicyclic) bond motifs is 1. The highest BCUT2D eigenvalue weighted by Crippen LogP contribution is 2.22. The summed E-state index contributed by atoms with van der Waals surface area (Å²) in [6, 6.07) is 8.82. The average Bonchev–Trinajstić information content (AvgIpc) is 2.69. The van der Waals surface area contributed by atoms with E-state index in [9.17, 15) is 4.79 Å². The topological polar surface area (TPSA) is 42.2 Å². The number of unbranched alkanes of at least 4 members (excludes halogenated alkanes) is 1. The van der Waals surface area contributed by atoms with Gasteiger partial charge in [-0.3, -0.25) is 4.79 Å². The zero-order chi connectivity index (χ0) is 13.8. The number of carbonyl (C=O) groups is 1. The minimum atomic E-state index is -0.707. The van der Waals surface area contributed by atoms with Crippen molar-refractivity contribution in [1.29, 1.82) is 0 Å². The maximum atomic E-state index is 10.5. The molecule has 3 heteroatoms. The maximum absolute atomic E-state index is 10.5. The molecule has 1 aromatic heterocycles. The van der Waals surface area contributed by atoms with Crippen LogP contribution in [0.3, 0.4) is 0 Å². The van der Waals surface area contributed by atoms with Gasteiger partial charge in [-0.05, 0) is 49.9 Å². The van der Waals surface area contributed by atoms with Gasteiger partial charge in [0.1, 0.15) is 0 Å². The van der Waals surface area contributed by atoms with E-state index in [0.29, 0.717) is 0 Å². The third kappa shape index (κ3) is 3.16. The Morgan fingerprint density at radius 2 is 2.05 bits per heavy atom. The van der Waals surface area contributed by atoms with Gasteiger partial charge < -0.3 is 9.67 Å². The lowest BCUT2D eigenvalue weighted by Crippen LogP contribution is -2.01. The third-order valence-electron chi connectivity index (χ3n) is 3.60. The molecule has 0 unspecified atom stereocenters. The smallest absolute Gasteiger partial charge is 0.303 e. The minimum absolute atomic E-state index is 0.262. The number of hydrogen-bond donors (Lipinski definition) is 1. The summed E-state index contributed by atoms with van der Waals surface area (Å²) in [7, 11) is 0. The van der Waals surface area contributed by atoms with Crippen molar-refractivity contribution >= 4 is 16.9 Å². The van der Waals surface area contributed by atoms with E-state index in [1.165, 1.54) is 22.2 Å². The second kappa shape index (κ2) is 5.91. The molecule has 1 N–H and O–H groups in total. The summed E-state index contributed by atoms with van der Waals surface area (Å²) >= 11 is 0. The Bertz CT molecular complexity index is 584. The molecule has 0 spiro atoms. The fourth-order valence-corrected chi connectivity index (χ4v) is 2.52. The van der Waals surface area contributed by atoms with E-state index in [0.717, 1.165) is 25.8 Å². The van der Waals surface area contributed by atoms with Crippen LogP contribution < -0.4 is 0 Å². The molecule has 3 nitrogen and oxygen atoms in total. The summed E-state index contributed by atoms with van der Waals surface area (Å²) < 4.78 is 2.29. The molecule has 0 aliphatic heterocycles. The Balaban J connectivity index is 2.14. The molecule has 0 fully saturated rings. The normalized spacial score (nSPS) is 11.1. The van der Waals surface area contributed by atoms with Crippen molar-refractivity contribution in [3.05, 3.63) is 35.5 Å². The number of benzene rings is 1. The van der Waals surface area contributed by atoms with Crippen LogP contribution in [0.2, 0.25) is 0 Å². The molecule has 2 rings (SSSR count). The molecule has 2 aromatic rings. The van der Waals surface area contributed by atoms with Crippen molar-refractivity contribution in [2.45, 2.75) is 46.1 Å². The van der Waals surface area contributed by atoms with Crippen molar-refractivity contribution < 1.29 is 9.90 Å². The number of nitrogens with zero attached hydrogens (tertiary/aromatic N) is 1. The van der Waals surface area contributed by atoms with Crippen molar-refractivity contribution in [3.63, 3.8) is 0 Å². The summed E-state index contributed by atoms with van der Waals surface area (Å²) in [6.07, 6.45) is 2.96. The fourth-order valence-electron chi connectivity index (χ4n) is 2.52. The van der Waals surface area contributed by atoms with Crippen LogP contribution in [0.5, 0.6) is 0 Å². The molecule has 0 radical (unpaired) electrons. The number of carboxylic acid groups (broad SMARTS) is 1. The number of aliphatic carboxylic acids is 1. The summed E-state index contributed by atoms with van der Waals surface area (Å²) in [5.74, 6) is -0.707. The van der Waals surface area contributed by atoms with E-state index in [-0.39, 0.29) is 6.42 Å². The molecule has 0 aliphatic carbocycles. The van der Waals surface area contributed by atoms with E-state index < -0.39 is 5.97 Å². The predicted octanol–water partition coefficient (Wildman–Crippen LogP) is 3.77. The van der Waals surface area contributed by atoms with E-state index in [1.807, 2.05) is 0 Å². The van der Waals surface area contributed by atoms with Crippen LogP contribution >= 0.6 is 0 Å². The lowest BCUT2D eigenvalue weighted by molar-refractivity contribution is -0.137. The van der Waals surface area contributed by atoms with Crippen LogP contribution in [0, 0.1) is 6.92 Å². The van der Waals surface area contributed by atoms with E-state index in [4.69, 9.17) is 5.11 Å². The van der Waals surface area contributed by atoms with Gasteiger partial charge in [0.05, 0.1) is 0 Å². The molecule has 1 heterocycles. The fraction of sp³-hybridized carbons (Fsp3) is 0.438. The monoisotopic (exact) mass is 259 g/mol. The van der Waals surface area contributed by atoms with Crippen LogP contribution in [0.4, 0.5) is 0 Å². The second-order valence-electron chi connectivity index (χ2n) is 5.03. The van der Waals surface area contributed by atoms with Crippen molar-refractivity contribution in [2.24, 2.45) is 0 Å². The highest BCUT2D eigenvalue weighted by Gasteiger charge is 2.06. The van der Waals surface area contributed by atoms with Gasteiger partial charge in [-0.2, -0.15) is 0 Å². The largest absolute Gasteiger partial charge is 0.481 e. The predicted molar refractivity (Wildman–Crippen MR) is 77.5 cm³/mol. The Labute approximate surface area is 113 Å². The summed E-state index contributed by atoms with van der Waals surface area (Å²) in [5.41, 5.74) is 3.86. The van der Waals surface area contributed by atoms with Gasteiger partial charge in [0.2, 0.25) is 0 Å². The Morgan fingerprint density at radius 1 is 1.26 bits per heavy atom. The standard InChI is InChI=1S/C16H21NO2/c1-3-13-7-8-15-14(11-13)10-12(2)17(15)9-5-4-6-16(18)19/h7-8,10-11H,3-6,9H2,1-2H3,(H,18,19). The molecule has 19 heavy (non-hydrogen) atoms. The molecule has 0 amide bonds. The minimum Gasteiger partial charge on any atom is -0.481 e. The molecule has 0 bridgehead atoms. The SMILES string of the molecule is CCc1ccc2c(c1)cc(C)n2CCCCC(=O)O.